The first-order chi connectivity index (χ1) is 13.0. The molecule has 1 fully saturated rings. The van der Waals surface area contributed by atoms with Crippen LogP contribution in [-0.4, -0.2) is 48.2 Å². The lowest BCUT2D eigenvalue weighted by Crippen LogP contribution is -2.39. The molecule has 0 unspecified atom stereocenters. The van der Waals surface area contributed by atoms with Crippen LogP contribution in [0, 0.1) is 0 Å². The monoisotopic (exact) mass is 432 g/mol. The first-order valence-corrected chi connectivity index (χ1v) is 9.84. The van der Waals surface area contributed by atoms with E-state index in [1.165, 1.54) is 6.07 Å². The van der Waals surface area contributed by atoms with Crippen LogP contribution in [0.25, 0.3) is 0 Å². The number of morpholine rings is 1. The van der Waals surface area contributed by atoms with Crippen molar-refractivity contribution >= 4 is 33.3 Å². The summed E-state index contributed by atoms with van der Waals surface area (Å²) in [5, 5.41) is 0. The molecule has 1 saturated heterocycles. The van der Waals surface area contributed by atoms with Crippen LogP contribution in [-0.2, 0) is 22.4 Å². The van der Waals surface area contributed by atoms with E-state index < -0.39 is 0 Å². The third-order valence-corrected chi connectivity index (χ3v) is 5.74. The minimum Gasteiger partial charge on any atom is -0.378 e. The summed E-state index contributed by atoms with van der Waals surface area (Å²) in [5.74, 6) is 0.925. The zero-order valence-corrected chi connectivity index (χ0v) is 16.7. The summed E-state index contributed by atoms with van der Waals surface area (Å²) in [7, 11) is 0. The maximum absolute atomic E-state index is 13.0. The highest BCUT2D eigenvalue weighted by molar-refractivity contribution is 9.10. The predicted molar refractivity (Wildman–Crippen MR) is 106 cm³/mol. The number of aromatic nitrogens is 2. The topological polar surface area (TPSA) is 78.5 Å². The Bertz CT molecular complexity index is 923. The molecule has 0 bridgehead atoms. The molecule has 1 amide bonds. The first kappa shape index (κ1) is 18.2. The Morgan fingerprint density at radius 1 is 1.37 bits per heavy atom. The van der Waals surface area contributed by atoms with E-state index >= 15 is 0 Å². The Hall–Kier alpha value is -2.19. The molecule has 0 saturated carbocycles. The van der Waals surface area contributed by atoms with Gasteiger partial charge in [-0.3, -0.25) is 9.59 Å². The molecule has 142 valence electrons. The number of nitrogens with one attached hydrogen (secondary N) is 1. The number of amides is 1. The highest BCUT2D eigenvalue weighted by Crippen LogP contribution is 2.37. The standard InChI is InChI=1S/C19H21BrN4O3/c1-12-9-13-14(20)3-2-4-15(13)24(12)19(26)10-16-21-17(11-18(25)22-16)23-5-7-27-8-6-23/h2-4,11-12H,5-10H2,1H3,(H,21,22,25)/t12-/m0/s1. The maximum atomic E-state index is 13.0. The second-order valence-electron chi connectivity index (χ2n) is 6.88. The molecule has 1 aromatic heterocycles. The summed E-state index contributed by atoms with van der Waals surface area (Å²) in [4.78, 5) is 36.1. The van der Waals surface area contributed by atoms with Gasteiger partial charge in [-0.15, -0.1) is 0 Å². The van der Waals surface area contributed by atoms with Crippen LogP contribution in [0.1, 0.15) is 18.3 Å². The van der Waals surface area contributed by atoms with Gasteiger partial charge in [0.1, 0.15) is 11.6 Å². The summed E-state index contributed by atoms with van der Waals surface area (Å²) in [6, 6.07) is 7.43. The van der Waals surface area contributed by atoms with Crippen molar-refractivity contribution in [3.63, 3.8) is 0 Å². The third-order valence-electron chi connectivity index (χ3n) is 4.99. The van der Waals surface area contributed by atoms with Crippen LogP contribution < -0.4 is 15.4 Å². The SMILES string of the molecule is C[C@H]1Cc2c(Br)cccc2N1C(=O)Cc1nc(N2CCOCC2)cc(=O)[nH]1. The molecule has 3 heterocycles. The smallest absolute Gasteiger partial charge is 0.252 e. The molecule has 8 heteroatoms. The van der Waals surface area contributed by atoms with E-state index in [2.05, 4.69) is 25.9 Å². The van der Waals surface area contributed by atoms with E-state index in [1.54, 1.807) is 0 Å². The summed E-state index contributed by atoms with van der Waals surface area (Å²) in [5.41, 5.74) is 1.82. The van der Waals surface area contributed by atoms with Gasteiger partial charge in [-0.25, -0.2) is 4.98 Å². The molecule has 7 nitrogen and oxygen atoms in total. The van der Waals surface area contributed by atoms with Crippen molar-refractivity contribution in [2.75, 3.05) is 36.1 Å². The van der Waals surface area contributed by atoms with Gasteiger partial charge < -0.3 is 19.5 Å². The van der Waals surface area contributed by atoms with E-state index in [-0.39, 0.29) is 23.9 Å². The van der Waals surface area contributed by atoms with Crippen LogP contribution in [0.4, 0.5) is 11.5 Å². The highest BCUT2D eigenvalue weighted by Gasteiger charge is 2.32. The van der Waals surface area contributed by atoms with Crippen LogP contribution in [0.15, 0.2) is 33.5 Å². The van der Waals surface area contributed by atoms with Gasteiger partial charge >= 0.3 is 0 Å². The summed E-state index contributed by atoms with van der Waals surface area (Å²) in [6.45, 7) is 4.63. The lowest BCUT2D eigenvalue weighted by molar-refractivity contribution is -0.118. The molecule has 2 aliphatic heterocycles. The molecule has 27 heavy (non-hydrogen) atoms. The fourth-order valence-electron chi connectivity index (χ4n) is 3.74. The Morgan fingerprint density at radius 2 is 2.15 bits per heavy atom. The van der Waals surface area contributed by atoms with Gasteiger partial charge in [0.05, 0.1) is 19.6 Å². The van der Waals surface area contributed by atoms with Crippen molar-refractivity contribution < 1.29 is 9.53 Å². The van der Waals surface area contributed by atoms with E-state index in [0.29, 0.717) is 37.9 Å². The number of carbonyl (C=O) groups excluding carboxylic acids is 1. The number of rotatable bonds is 3. The number of nitrogens with zero attached hydrogens (tertiary/aromatic N) is 3. The molecular formula is C19H21BrN4O3. The second kappa shape index (κ2) is 7.44. The summed E-state index contributed by atoms with van der Waals surface area (Å²) >= 11 is 3.57. The molecule has 0 spiro atoms. The number of halogens is 1. The number of benzene rings is 1. The first-order valence-electron chi connectivity index (χ1n) is 9.05. The number of fused-ring (bicyclic) bond motifs is 1. The van der Waals surface area contributed by atoms with Crippen LogP contribution in [0.2, 0.25) is 0 Å². The van der Waals surface area contributed by atoms with Crippen LogP contribution >= 0.6 is 15.9 Å². The summed E-state index contributed by atoms with van der Waals surface area (Å²) < 4.78 is 6.37. The average molecular weight is 433 g/mol. The van der Waals surface area contributed by atoms with Crippen LogP contribution in [0.5, 0.6) is 0 Å². The van der Waals surface area contributed by atoms with Crippen molar-refractivity contribution in [1.82, 2.24) is 9.97 Å². The van der Waals surface area contributed by atoms with Crippen LogP contribution in [0.3, 0.4) is 0 Å². The second-order valence-corrected chi connectivity index (χ2v) is 7.74. The van der Waals surface area contributed by atoms with E-state index in [0.717, 1.165) is 22.1 Å². The molecule has 1 atom stereocenters. The lowest BCUT2D eigenvalue weighted by atomic mass is 10.1. The fourth-order valence-corrected chi connectivity index (χ4v) is 4.26. The lowest BCUT2D eigenvalue weighted by Gasteiger charge is -2.28. The largest absolute Gasteiger partial charge is 0.378 e. The Morgan fingerprint density at radius 3 is 2.93 bits per heavy atom. The van der Waals surface area contributed by atoms with Gasteiger partial charge in [-0.05, 0) is 31.0 Å². The predicted octanol–water partition coefficient (Wildman–Crippen LogP) is 1.89. The minimum atomic E-state index is -0.244. The maximum Gasteiger partial charge on any atom is 0.252 e. The molecular weight excluding hydrogens is 412 g/mol. The van der Waals surface area contributed by atoms with Crippen molar-refractivity contribution in [2.45, 2.75) is 25.8 Å². The molecule has 1 N–H and O–H groups in total. The number of carbonyl (C=O) groups is 1. The number of aromatic amines is 1. The van der Waals surface area contributed by atoms with E-state index in [1.807, 2.05) is 34.9 Å². The van der Waals surface area contributed by atoms with E-state index in [9.17, 15) is 9.59 Å². The van der Waals surface area contributed by atoms with Gasteiger partial charge in [0.2, 0.25) is 5.91 Å². The number of H-pyrrole nitrogens is 1. The molecule has 0 aliphatic carbocycles. The van der Waals surface area contributed by atoms with Crippen molar-refractivity contribution in [3.05, 3.63) is 50.5 Å². The zero-order valence-electron chi connectivity index (χ0n) is 15.1. The minimum absolute atomic E-state index is 0.0592. The Kier molecular flexibility index (Phi) is 5.01. The van der Waals surface area contributed by atoms with Crippen molar-refractivity contribution in [1.29, 1.82) is 0 Å². The fraction of sp³-hybridized carbons (Fsp3) is 0.421. The molecule has 2 aromatic rings. The van der Waals surface area contributed by atoms with Gasteiger partial charge in [-0.1, -0.05) is 22.0 Å². The van der Waals surface area contributed by atoms with Gasteiger partial charge in [0.25, 0.3) is 5.56 Å². The van der Waals surface area contributed by atoms with Crippen molar-refractivity contribution in [3.8, 4) is 0 Å². The quantitative estimate of drug-likeness (QED) is 0.800. The van der Waals surface area contributed by atoms with Crippen molar-refractivity contribution in [2.24, 2.45) is 0 Å². The molecule has 4 rings (SSSR count). The number of anilines is 2. The number of hydrogen-bond acceptors (Lipinski definition) is 5. The number of ether oxygens (including phenoxy) is 1. The zero-order chi connectivity index (χ0) is 19.0. The Labute approximate surface area is 165 Å². The summed E-state index contributed by atoms with van der Waals surface area (Å²) in [6.07, 6.45) is 0.865. The normalized spacial score (nSPS) is 19.3. The molecule has 2 aliphatic rings. The van der Waals surface area contributed by atoms with Gasteiger partial charge in [0, 0.05) is 35.4 Å². The van der Waals surface area contributed by atoms with Gasteiger partial charge in [0.15, 0.2) is 0 Å². The number of hydrogen-bond donors (Lipinski definition) is 1. The molecule has 0 radical (unpaired) electrons. The van der Waals surface area contributed by atoms with E-state index in [4.69, 9.17) is 4.74 Å². The molecule has 1 aromatic carbocycles. The third kappa shape index (κ3) is 3.64. The Balaban J connectivity index is 1.58. The highest BCUT2D eigenvalue weighted by atomic mass is 79.9. The van der Waals surface area contributed by atoms with Gasteiger partial charge in [-0.2, -0.15) is 0 Å². The average Bonchev–Trinajstić information content (AvgIpc) is 2.99.